The fourth-order valence-electron chi connectivity index (χ4n) is 2.56. The molecule has 0 spiro atoms. The largest absolute Gasteiger partial charge is 0.489 e. The van der Waals surface area contributed by atoms with Crippen LogP contribution in [0.5, 0.6) is 5.75 Å². The molecule has 0 radical (unpaired) electrons. The molecule has 0 aliphatic carbocycles. The fraction of sp³-hybridized carbons (Fsp3) is 0.278. The maximum absolute atomic E-state index is 13.5. The van der Waals surface area contributed by atoms with E-state index in [2.05, 4.69) is 14.5 Å². The maximum atomic E-state index is 13.5. The Kier molecular flexibility index (Phi) is 5.02. The average Bonchev–Trinajstić information content (AvgIpc) is 2.84. The molecule has 3 rings (SSSR count). The predicted molar refractivity (Wildman–Crippen MR) is 94.0 cm³/mol. The second-order valence-corrected chi connectivity index (χ2v) is 6.17. The van der Waals surface area contributed by atoms with Crippen molar-refractivity contribution < 1.29 is 9.13 Å². The van der Waals surface area contributed by atoms with Crippen LogP contribution >= 0.6 is 11.6 Å². The zero-order valence-electron chi connectivity index (χ0n) is 13.7. The lowest BCUT2D eigenvalue weighted by atomic mass is 10.3. The number of rotatable bonds is 6. The zero-order valence-corrected chi connectivity index (χ0v) is 14.4. The number of imidazole rings is 1. The number of hydrogen-bond acceptors (Lipinski definition) is 3. The second-order valence-electron chi connectivity index (χ2n) is 5.74. The van der Waals surface area contributed by atoms with Crippen LogP contribution in [0.3, 0.4) is 0 Å². The topological polar surface area (TPSA) is 30.3 Å². The van der Waals surface area contributed by atoms with E-state index >= 15 is 0 Å². The first-order valence-electron chi connectivity index (χ1n) is 7.71. The molecule has 0 N–H and O–H groups in total. The van der Waals surface area contributed by atoms with Gasteiger partial charge in [-0.2, -0.15) is 0 Å². The highest BCUT2D eigenvalue weighted by molar-refractivity contribution is 6.31. The molecule has 0 aliphatic rings. The Hall–Kier alpha value is -2.11. The molecule has 2 aromatic carbocycles. The van der Waals surface area contributed by atoms with Gasteiger partial charge in [0.2, 0.25) is 0 Å². The summed E-state index contributed by atoms with van der Waals surface area (Å²) in [6, 6.07) is 12.1. The van der Waals surface area contributed by atoms with Crippen LogP contribution < -0.4 is 4.74 Å². The summed E-state index contributed by atoms with van der Waals surface area (Å²) in [5.41, 5.74) is 1.93. The van der Waals surface area contributed by atoms with Crippen LogP contribution in [0.4, 0.5) is 4.39 Å². The van der Waals surface area contributed by atoms with Gasteiger partial charge in [0.1, 0.15) is 12.4 Å². The third-order valence-electron chi connectivity index (χ3n) is 3.91. The number of nitrogens with zero attached hydrogens (tertiary/aromatic N) is 3. The molecule has 1 heterocycles. The summed E-state index contributed by atoms with van der Waals surface area (Å²) < 4.78 is 21.0. The van der Waals surface area contributed by atoms with Crippen LogP contribution in [-0.2, 0) is 13.6 Å². The lowest BCUT2D eigenvalue weighted by molar-refractivity contribution is 0.223. The van der Waals surface area contributed by atoms with Gasteiger partial charge < -0.3 is 9.30 Å². The molecular formula is C18H19ClFN3O. The number of aromatic nitrogens is 2. The molecule has 126 valence electrons. The third-order valence-corrected chi connectivity index (χ3v) is 4.15. The Bertz CT molecular complexity index is 849. The molecule has 4 nitrogen and oxygen atoms in total. The summed E-state index contributed by atoms with van der Waals surface area (Å²) in [7, 11) is 3.97. The van der Waals surface area contributed by atoms with Gasteiger partial charge in [0.15, 0.2) is 11.6 Å². The van der Waals surface area contributed by atoms with Gasteiger partial charge >= 0.3 is 0 Å². The minimum Gasteiger partial charge on any atom is -0.489 e. The van der Waals surface area contributed by atoms with E-state index in [9.17, 15) is 4.39 Å². The van der Waals surface area contributed by atoms with Crippen LogP contribution in [0.15, 0.2) is 42.5 Å². The Morgan fingerprint density at radius 1 is 1.25 bits per heavy atom. The van der Waals surface area contributed by atoms with E-state index in [-0.39, 0.29) is 11.6 Å². The number of fused-ring (bicyclic) bond motifs is 1. The van der Waals surface area contributed by atoms with E-state index in [1.165, 1.54) is 6.07 Å². The molecule has 0 unspecified atom stereocenters. The van der Waals surface area contributed by atoms with E-state index < -0.39 is 0 Å². The molecule has 24 heavy (non-hydrogen) atoms. The highest BCUT2D eigenvalue weighted by atomic mass is 35.5. The fourth-order valence-corrected chi connectivity index (χ4v) is 2.72. The highest BCUT2D eigenvalue weighted by Gasteiger charge is 2.11. The monoisotopic (exact) mass is 347 g/mol. The summed E-state index contributed by atoms with van der Waals surface area (Å²) >= 11 is 6.02. The summed E-state index contributed by atoms with van der Waals surface area (Å²) in [6.45, 7) is 1.74. The summed E-state index contributed by atoms with van der Waals surface area (Å²) in [5, 5.41) is 0.679. The number of likely N-dealkylation sites (N-methyl/N-ethyl adjacent to an activating group) is 1. The van der Waals surface area contributed by atoms with Gasteiger partial charge in [-0.1, -0.05) is 23.7 Å². The van der Waals surface area contributed by atoms with Crippen molar-refractivity contribution in [2.45, 2.75) is 6.54 Å². The van der Waals surface area contributed by atoms with Crippen molar-refractivity contribution in [2.24, 2.45) is 7.05 Å². The third kappa shape index (κ3) is 3.68. The quantitative estimate of drug-likeness (QED) is 0.678. The molecule has 3 aromatic rings. The SMILES string of the molecule is CN(CCOc1ccccc1F)Cc1nc2cc(Cl)ccc2n1C. The second kappa shape index (κ2) is 7.20. The summed E-state index contributed by atoms with van der Waals surface area (Å²) in [4.78, 5) is 6.72. The lowest BCUT2D eigenvalue weighted by Crippen LogP contribution is -2.25. The van der Waals surface area contributed by atoms with Gasteiger partial charge in [0, 0.05) is 18.6 Å². The first-order chi connectivity index (χ1) is 11.5. The van der Waals surface area contributed by atoms with Crippen molar-refractivity contribution in [3.8, 4) is 5.75 Å². The number of aryl methyl sites for hydroxylation is 1. The number of para-hydroxylation sites is 1. The highest BCUT2D eigenvalue weighted by Crippen LogP contribution is 2.20. The van der Waals surface area contributed by atoms with Crippen LogP contribution in [0, 0.1) is 5.82 Å². The van der Waals surface area contributed by atoms with Gasteiger partial charge in [-0.3, -0.25) is 4.90 Å². The van der Waals surface area contributed by atoms with Gasteiger partial charge in [-0.05, 0) is 37.4 Å². The van der Waals surface area contributed by atoms with Crippen molar-refractivity contribution in [3.63, 3.8) is 0 Å². The van der Waals surface area contributed by atoms with Crippen molar-refractivity contribution in [1.82, 2.24) is 14.5 Å². The van der Waals surface area contributed by atoms with E-state index in [1.54, 1.807) is 18.2 Å². The van der Waals surface area contributed by atoms with Crippen LogP contribution in [0.1, 0.15) is 5.82 Å². The average molecular weight is 348 g/mol. The Morgan fingerprint density at radius 3 is 2.83 bits per heavy atom. The van der Waals surface area contributed by atoms with Crippen LogP contribution in [0.25, 0.3) is 11.0 Å². The van der Waals surface area contributed by atoms with E-state index in [0.29, 0.717) is 24.7 Å². The Balaban J connectivity index is 1.60. The molecule has 0 fully saturated rings. The first-order valence-corrected chi connectivity index (χ1v) is 8.09. The number of benzene rings is 2. The molecule has 0 saturated heterocycles. The zero-order chi connectivity index (χ0) is 17.1. The Labute approximate surface area is 145 Å². The van der Waals surface area contributed by atoms with Crippen LogP contribution in [0.2, 0.25) is 5.02 Å². The smallest absolute Gasteiger partial charge is 0.165 e. The van der Waals surface area contributed by atoms with Crippen molar-refractivity contribution in [2.75, 3.05) is 20.2 Å². The van der Waals surface area contributed by atoms with E-state index in [0.717, 1.165) is 16.9 Å². The molecule has 6 heteroatoms. The molecule has 0 aliphatic heterocycles. The van der Waals surface area contributed by atoms with E-state index in [4.69, 9.17) is 16.3 Å². The van der Waals surface area contributed by atoms with Crippen molar-refractivity contribution in [3.05, 3.63) is 59.1 Å². The first kappa shape index (κ1) is 16.7. The normalized spacial score (nSPS) is 11.4. The number of halogens is 2. The lowest BCUT2D eigenvalue weighted by Gasteiger charge is -2.16. The molecular weight excluding hydrogens is 329 g/mol. The van der Waals surface area contributed by atoms with Crippen molar-refractivity contribution in [1.29, 1.82) is 0 Å². The summed E-state index contributed by atoms with van der Waals surface area (Å²) in [6.07, 6.45) is 0. The number of hydrogen-bond donors (Lipinski definition) is 0. The predicted octanol–water partition coefficient (Wildman–Crippen LogP) is 3.88. The van der Waals surface area contributed by atoms with Gasteiger partial charge in [-0.15, -0.1) is 0 Å². The standard InChI is InChI=1S/C18H19ClFN3O/c1-22(9-10-24-17-6-4-3-5-14(17)20)12-18-21-15-11-13(19)7-8-16(15)23(18)2/h3-8,11H,9-10,12H2,1-2H3. The molecule has 0 amide bonds. The minimum absolute atomic E-state index is 0.281. The molecule has 0 bridgehead atoms. The van der Waals surface area contributed by atoms with E-state index in [1.807, 2.05) is 32.3 Å². The number of ether oxygens (including phenoxy) is 1. The van der Waals surface area contributed by atoms with Gasteiger partial charge in [-0.25, -0.2) is 9.37 Å². The summed E-state index contributed by atoms with van der Waals surface area (Å²) in [5.74, 6) is 0.885. The maximum Gasteiger partial charge on any atom is 0.165 e. The van der Waals surface area contributed by atoms with Gasteiger partial charge in [0.25, 0.3) is 0 Å². The van der Waals surface area contributed by atoms with Crippen molar-refractivity contribution >= 4 is 22.6 Å². The van der Waals surface area contributed by atoms with Crippen LogP contribution in [-0.4, -0.2) is 34.7 Å². The van der Waals surface area contributed by atoms with Gasteiger partial charge in [0.05, 0.1) is 17.6 Å². The minimum atomic E-state index is -0.340. The molecule has 0 atom stereocenters. The molecule has 1 aromatic heterocycles. The molecule has 0 saturated carbocycles. The Morgan fingerprint density at radius 2 is 2.04 bits per heavy atom.